The van der Waals surface area contributed by atoms with Gasteiger partial charge in [0, 0.05) is 6.20 Å². The van der Waals surface area contributed by atoms with Gasteiger partial charge in [-0.25, -0.2) is 14.0 Å². The summed E-state index contributed by atoms with van der Waals surface area (Å²) in [5.74, 6) is -0.0578. The molecule has 0 unspecified atom stereocenters. The van der Waals surface area contributed by atoms with Crippen molar-refractivity contribution < 1.29 is 9.02 Å². The molecule has 0 radical (unpaired) electrons. The van der Waals surface area contributed by atoms with Crippen LogP contribution in [-0.4, -0.2) is 24.8 Å². The van der Waals surface area contributed by atoms with Crippen LogP contribution < -0.4 is 16.6 Å². The van der Waals surface area contributed by atoms with Crippen molar-refractivity contribution in [2.75, 3.05) is 5.73 Å². The lowest BCUT2D eigenvalue weighted by atomic mass is 10.3. The lowest BCUT2D eigenvalue weighted by Crippen LogP contribution is -2.30. The predicted molar refractivity (Wildman–Crippen MR) is 78.7 cm³/mol. The van der Waals surface area contributed by atoms with Crippen LogP contribution in [0.15, 0.2) is 41.1 Å². The van der Waals surface area contributed by atoms with Crippen molar-refractivity contribution >= 4 is 16.9 Å². The number of aromatic nitrogens is 5. The van der Waals surface area contributed by atoms with Crippen molar-refractivity contribution in [3.8, 4) is 11.5 Å². The Morgan fingerprint density at radius 3 is 2.96 bits per heavy atom. The Labute approximate surface area is 128 Å². The molecule has 116 valence electrons. The number of anilines is 1. The standard InChI is InChI=1S/C13H11FN8O/c14-8-4-16-5-9-11(8)22(6-7-2-1-3-17-19-7)13(18-9)10-12(15)21-23-20-10/h1-5,17,19H,6H2,(H2,15,21). The average Bonchev–Trinajstić information content (AvgIpc) is 3.13. The number of pyridine rings is 1. The van der Waals surface area contributed by atoms with Crippen LogP contribution in [0.25, 0.3) is 22.6 Å². The molecule has 1 aliphatic heterocycles. The van der Waals surface area contributed by atoms with Crippen LogP contribution in [0.1, 0.15) is 0 Å². The van der Waals surface area contributed by atoms with Gasteiger partial charge in [-0.2, -0.15) is 0 Å². The molecule has 0 saturated heterocycles. The van der Waals surface area contributed by atoms with Crippen LogP contribution in [0.5, 0.6) is 0 Å². The highest BCUT2D eigenvalue weighted by Crippen LogP contribution is 2.28. The van der Waals surface area contributed by atoms with Gasteiger partial charge >= 0.3 is 0 Å². The Balaban J connectivity index is 1.93. The number of hydrazine groups is 1. The first-order valence-corrected chi connectivity index (χ1v) is 6.69. The average molecular weight is 314 g/mol. The van der Waals surface area contributed by atoms with Crippen LogP contribution in [0.4, 0.5) is 10.2 Å². The first kappa shape index (κ1) is 13.2. The van der Waals surface area contributed by atoms with Gasteiger partial charge in [-0.15, -0.1) is 0 Å². The summed E-state index contributed by atoms with van der Waals surface area (Å²) in [6, 6.07) is 0. The summed E-state index contributed by atoms with van der Waals surface area (Å²) in [5.41, 5.74) is 13.3. The molecule has 23 heavy (non-hydrogen) atoms. The predicted octanol–water partition coefficient (Wildman–Crippen LogP) is 0.708. The van der Waals surface area contributed by atoms with E-state index in [0.717, 1.165) is 11.9 Å². The highest BCUT2D eigenvalue weighted by molar-refractivity contribution is 5.81. The molecular formula is C13H11FN8O. The number of nitrogens with one attached hydrogen (secondary N) is 2. The highest BCUT2D eigenvalue weighted by atomic mass is 19.1. The number of halogens is 1. The molecular weight excluding hydrogens is 303 g/mol. The third-order valence-electron chi connectivity index (χ3n) is 3.37. The lowest BCUT2D eigenvalue weighted by molar-refractivity contribution is 0.310. The lowest BCUT2D eigenvalue weighted by Gasteiger charge is -2.15. The van der Waals surface area contributed by atoms with Crippen molar-refractivity contribution in [1.82, 2.24) is 35.7 Å². The van der Waals surface area contributed by atoms with Crippen LogP contribution in [0.2, 0.25) is 0 Å². The normalized spacial score (nSPS) is 13.7. The maximum absolute atomic E-state index is 14.3. The minimum Gasteiger partial charge on any atom is -0.379 e. The molecule has 0 fully saturated rings. The molecule has 0 amide bonds. The second-order valence-corrected chi connectivity index (χ2v) is 4.83. The first-order valence-electron chi connectivity index (χ1n) is 6.69. The molecule has 1 aliphatic rings. The molecule has 0 spiro atoms. The van der Waals surface area contributed by atoms with Gasteiger partial charge in [-0.05, 0) is 22.5 Å². The van der Waals surface area contributed by atoms with E-state index in [0.29, 0.717) is 23.4 Å². The monoisotopic (exact) mass is 314 g/mol. The van der Waals surface area contributed by atoms with Crippen LogP contribution in [-0.2, 0) is 6.54 Å². The molecule has 0 atom stereocenters. The van der Waals surface area contributed by atoms with Gasteiger partial charge in [0.25, 0.3) is 0 Å². The van der Waals surface area contributed by atoms with E-state index in [9.17, 15) is 4.39 Å². The Kier molecular flexibility index (Phi) is 2.93. The maximum atomic E-state index is 14.3. The third-order valence-corrected chi connectivity index (χ3v) is 3.37. The number of allylic oxidation sites excluding steroid dienone is 3. The van der Waals surface area contributed by atoms with Gasteiger partial charge in [0.15, 0.2) is 23.2 Å². The van der Waals surface area contributed by atoms with E-state index in [1.807, 2.05) is 12.2 Å². The molecule has 0 aromatic carbocycles. The molecule has 9 nitrogen and oxygen atoms in total. The number of nitrogens with two attached hydrogens (primary N) is 1. The van der Waals surface area contributed by atoms with Gasteiger partial charge in [-0.1, -0.05) is 0 Å². The molecule has 0 aliphatic carbocycles. The fourth-order valence-electron chi connectivity index (χ4n) is 2.38. The molecule has 3 aromatic rings. The van der Waals surface area contributed by atoms with E-state index in [1.165, 1.54) is 6.20 Å². The Hall–Kier alpha value is -3.43. The van der Waals surface area contributed by atoms with E-state index in [2.05, 4.69) is 35.8 Å². The largest absolute Gasteiger partial charge is 0.379 e. The van der Waals surface area contributed by atoms with E-state index in [1.54, 1.807) is 10.8 Å². The van der Waals surface area contributed by atoms with Gasteiger partial charge in [0.05, 0.1) is 24.6 Å². The topological polar surface area (TPSA) is 120 Å². The van der Waals surface area contributed by atoms with Crippen LogP contribution in [0.3, 0.4) is 0 Å². The Bertz CT molecular complexity index is 941. The van der Waals surface area contributed by atoms with Gasteiger partial charge in [-0.3, -0.25) is 4.98 Å². The number of hydrogen-bond donors (Lipinski definition) is 3. The Morgan fingerprint density at radius 2 is 2.22 bits per heavy atom. The van der Waals surface area contributed by atoms with E-state index < -0.39 is 5.82 Å². The van der Waals surface area contributed by atoms with Crippen LogP contribution >= 0.6 is 0 Å². The summed E-state index contributed by atoms with van der Waals surface area (Å²) in [4.78, 5) is 8.19. The summed E-state index contributed by atoms with van der Waals surface area (Å²) >= 11 is 0. The zero-order valence-electron chi connectivity index (χ0n) is 11.7. The highest BCUT2D eigenvalue weighted by Gasteiger charge is 2.22. The zero-order chi connectivity index (χ0) is 15.8. The second-order valence-electron chi connectivity index (χ2n) is 4.83. The van der Waals surface area contributed by atoms with Gasteiger partial charge in [0.1, 0.15) is 11.0 Å². The Morgan fingerprint density at radius 1 is 1.30 bits per heavy atom. The van der Waals surface area contributed by atoms with Crippen LogP contribution in [0, 0.1) is 5.82 Å². The maximum Gasteiger partial charge on any atom is 0.199 e. The van der Waals surface area contributed by atoms with Gasteiger partial charge < -0.3 is 21.2 Å². The zero-order valence-corrected chi connectivity index (χ0v) is 11.7. The van der Waals surface area contributed by atoms with Gasteiger partial charge in [0.2, 0.25) is 0 Å². The fraction of sp³-hybridized carbons (Fsp3) is 0.0769. The molecule has 0 bridgehead atoms. The summed E-state index contributed by atoms with van der Waals surface area (Å²) in [6.45, 7) is 0.316. The van der Waals surface area contributed by atoms with Crippen molar-refractivity contribution in [2.45, 2.75) is 6.54 Å². The van der Waals surface area contributed by atoms with E-state index >= 15 is 0 Å². The fourth-order valence-corrected chi connectivity index (χ4v) is 2.38. The van der Waals surface area contributed by atoms with Crippen molar-refractivity contribution in [3.63, 3.8) is 0 Å². The number of nitrogen functional groups attached to an aromatic ring is 1. The number of imidazole rings is 1. The van der Waals surface area contributed by atoms with Crippen molar-refractivity contribution in [1.29, 1.82) is 0 Å². The number of fused-ring (bicyclic) bond motifs is 1. The summed E-state index contributed by atoms with van der Waals surface area (Å²) < 4.78 is 20.5. The van der Waals surface area contributed by atoms with Crippen molar-refractivity contribution in [2.24, 2.45) is 0 Å². The third kappa shape index (κ3) is 2.16. The number of hydrogen-bond acceptors (Lipinski definition) is 8. The molecule has 0 saturated carbocycles. The number of nitrogens with zero attached hydrogens (tertiary/aromatic N) is 5. The molecule has 3 aromatic heterocycles. The second kappa shape index (κ2) is 5.09. The van der Waals surface area contributed by atoms with Crippen molar-refractivity contribution in [3.05, 3.63) is 42.3 Å². The van der Waals surface area contributed by atoms with E-state index in [4.69, 9.17) is 5.73 Å². The summed E-state index contributed by atoms with van der Waals surface area (Å²) in [7, 11) is 0. The number of rotatable bonds is 3. The smallest absolute Gasteiger partial charge is 0.199 e. The minimum absolute atomic E-state index is 0.0820. The molecule has 4 rings (SSSR count). The molecule has 4 N–H and O–H groups in total. The molecule has 4 heterocycles. The minimum atomic E-state index is -0.490. The molecule has 10 heteroatoms. The summed E-state index contributed by atoms with van der Waals surface area (Å²) in [5, 5.41) is 7.31. The first-order chi connectivity index (χ1) is 11.2. The van der Waals surface area contributed by atoms with E-state index in [-0.39, 0.29) is 11.5 Å². The quantitative estimate of drug-likeness (QED) is 0.646. The summed E-state index contributed by atoms with van der Waals surface area (Å²) in [6.07, 6.45) is 8.03. The SMILES string of the molecule is Nc1nonc1-c1nc2cncc(F)c2n1CC1=CC=CNN1.